The summed E-state index contributed by atoms with van der Waals surface area (Å²) in [5.74, 6) is 0.102. The molecule has 2 rings (SSSR count). The van der Waals surface area contributed by atoms with E-state index in [-0.39, 0.29) is 17.2 Å². The lowest BCUT2D eigenvalue weighted by atomic mass is 10.2. The van der Waals surface area contributed by atoms with E-state index in [1.54, 1.807) is 12.1 Å². The summed E-state index contributed by atoms with van der Waals surface area (Å²) in [7, 11) is -3.55. The van der Waals surface area contributed by atoms with Gasteiger partial charge in [-0.3, -0.25) is 5.10 Å². The molecule has 0 aliphatic heterocycles. The Morgan fingerprint density at radius 3 is 2.88 bits per heavy atom. The molecule has 0 amide bonds. The number of nitrogens with zero attached hydrogens (tertiary/aromatic N) is 1. The van der Waals surface area contributed by atoms with Crippen molar-refractivity contribution < 1.29 is 13.5 Å². The van der Waals surface area contributed by atoms with Crippen LogP contribution in [-0.2, 0) is 16.6 Å². The third-order valence-electron chi connectivity index (χ3n) is 2.16. The normalized spacial score (nSPS) is 11.5. The van der Waals surface area contributed by atoms with Gasteiger partial charge in [0.15, 0.2) is 0 Å². The number of aromatic nitrogens is 2. The SMILES string of the molecule is O=S(=O)(NCc1cccc(O)c1)c1cn[nH]c1. The van der Waals surface area contributed by atoms with Gasteiger partial charge in [0.25, 0.3) is 0 Å². The monoisotopic (exact) mass is 253 g/mol. The van der Waals surface area contributed by atoms with E-state index in [4.69, 9.17) is 0 Å². The fraction of sp³-hybridized carbons (Fsp3) is 0.100. The maximum Gasteiger partial charge on any atom is 0.243 e. The Morgan fingerprint density at radius 1 is 1.41 bits per heavy atom. The van der Waals surface area contributed by atoms with Gasteiger partial charge in [-0.15, -0.1) is 0 Å². The van der Waals surface area contributed by atoms with Gasteiger partial charge in [0, 0.05) is 12.7 Å². The molecule has 1 heterocycles. The number of sulfonamides is 1. The molecule has 17 heavy (non-hydrogen) atoms. The van der Waals surface area contributed by atoms with Gasteiger partial charge in [-0.1, -0.05) is 12.1 Å². The minimum atomic E-state index is -3.55. The molecule has 1 aromatic carbocycles. The second-order valence-electron chi connectivity index (χ2n) is 3.43. The Kier molecular flexibility index (Phi) is 3.12. The van der Waals surface area contributed by atoms with Gasteiger partial charge >= 0.3 is 0 Å². The molecule has 0 spiro atoms. The lowest BCUT2D eigenvalue weighted by Gasteiger charge is -2.04. The number of hydrogen-bond donors (Lipinski definition) is 3. The molecule has 0 radical (unpaired) electrons. The van der Waals surface area contributed by atoms with Gasteiger partial charge in [0.2, 0.25) is 10.0 Å². The molecule has 1 aromatic heterocycles. The largest absolute Gasteiger partial charge is 0.508 e. The van der Waals surface area contributed by atoms with Crippen LogP contribution in [0, 0.1) is 0 Å². The molecule has 0 bridgehead atoms. The Morgan fingerprint density at radius 2 is 2.24 bits per heavy atom. The summed E-state index contributed by atoms with van der Waals surface area (Å²) in [6.07, 6.45) is 2.52. The average molecular weight is 253 g/mol. The molecular formula is C10H11N3O3S. The van der Waals surface area contributed by atoms with Crippen LogP contribution in [0.25, 0.3) is 0 Å². The number of H-pyrrole nitrogens is 1. The lowest BCUT2D eigenvalue weighted by molar-refractivity contribution is 0.474. The van der Waals surface area contributed by atoms with Crippen molar-refractivity contribution in [3.05, 3.63) is 42.2 Å². The molecule has 2 aromatic rings. The van der Waals surface area contributed by atoms with Crippen molar-refractivity contribution in [1.29, 1.82) is 0 Å². The van der Waals surface area contributed by atoms with Crippen molar-refractivity contribution in [1.82, 2.24) is 14.9 Å². The summed E-state index contributed by atoms with van der Waals surface area (Å²) in [5.41, 5.74) is 0.678. The molecule has 7 heteroatoms. The lowest BCUT2D eigenvalue weighted by Crippen LogP contribution is -2.22. The average Bonchev–Trinajstić information content (AvgIpc) is 2.81. The first kappa shape index (κ1) is 11.6. The zero-order valence-corrected chi connectivity index (χ0v) is 9.61. The van der Waals surface area contributed by atoms with E-state index in [9.17, 15) is 13.5 Å². The molecule has 0 unspecified atom stereocenters. The number of nitrogens with one attached hydrogen (secondary N) is 2. The fourth-order valence-corrected chi connectivity index (χ4v) is 2.24. The number of phenols is 1. The molecule has 0 saturated heterocycles. The van der Waals surface area contributed by atoms with Crippen molar-refractivity contribution in [2.75, 3.05) is 0 Å². The first-order valence-electron chi connectivity index (χ1n) is 4.84. The van der Waals surface area contributed by atoms with E-state index < -0.39 is 10.0 Å². The Bertz CT molecular complexity index is 593. The van der Waals surface area contributed by atoms with E-state index in [2.05, 4.69) is 14.9 Å². The van der Waals surface area contributed by atoms with Crippen LogP contribution in [0.3, 0.4) is 0 Å². The van der Waals surface area contributed by atoms with Crippen molar-refractivity contribution >= 4 is 10.0 Å². The third-order valence-corrected chi connectivity index (χ3v) is 3.53. The number of aromatic hydroxyl groups is 1. The maximum absolute atomic E-state index is 11.7. The number of benzene rings is 1. The van der Waals surface area contributed by atoms with Crippen LogP contribution in [0.1, 0.15) is 5.56 Å². The van der Waals surface area contributed by atoms with Gasteiger partial charge in [0.05, 0.1) is 6.20 Å². The summed E-state index contributed by atoms with van der Waals surface area (Å²) >= 11 is 0. The quantitative estimate of drug-likeness (QED) is 0.743. The molecular weight excluding hydrogens is 242 g/mol. The van der Waals surface area contributed by atoms with Gasteiger partial charge in [0.1, 0.15) is 10.6 Å². The molecule has 0 aliphatic carbocycles. The molecule has 6 nitrogen and oxygen atoms in total. The van der Waals surface area contributed by atoms with E-state index in [1.807, 2.05) is 0 Å². The van der Waals surface area contributed by atoms with Crippen LogP contribution in [0.2, 0.25) is 0 Å². The minimum absolute atomic E-state index is 0.0812. The second-order valence-corrected chi connectivity index (χ2v) is 5.20. The fourth-order valence-electron chi connectivity index (χ4n) is 1.31. The first-order chi connectivity index (χ1) is 8.08. The first-order valence-corrected chi connectivity index (χ1v) is 6.32. The highest BCUT2D eigenvalue weighted by atomic mass is 32.2. The Hall–Kier alpha value is -1.86. The van der Waals surface area contributed by atoms with Gasteiger partial charge < -0.3 is 5.11 Å². The van der Waals surface area contributed by atoms with Crippen molar-refractivity contribution in [3.63, 3.8) is 0 Å². The van der Waals surface area contributed by atoms with Crippen LogP contribution in [0.5, 0.6) is 5.75 Å². The minimum Gasteiger partial charge on any atom is -0.508 e. The summed E-state index contributed by atoms with van der Waals surface area (Å²) in [4.78, 5) is 0.0812. The number of hydrogen-bond acceptors (Lipinski definition) is 4. The van der Waals surface area contributed by atoms with Gasteiger partial charge in [-0.25, -0.2) is 13.1 Å². The predicted octanol–water partition coefficient (Wildman–Crippen LogP) is 0.594. The van der Waals surface area contributed by atoms with E-state index >= 15 is 0 Å². The number of aromatic amines is 1. The summed E-state index contributed by atoms with van der Waals surface area (Å²) < 4.78 is 25.8. The molecule has 0 saturated carbocycles. The van der Waals surface area contributed by atoms with E-state index in [1.165, 1.54) is 24.5 Å². The summed E-state index contributed by atoms with van der Waals surface area (Å²) in [6, 6.07) is 6.39. The van der Waals surface area contributed by atoms with Crippen molar-refractivity contribution in [2.24, 2.45) is 0 Å². The highest BCUT2D eigenvalue weighted by molar-refractivity contribution is 7.89. The number of rotatable bonds is 4. The van der Waals surface area contributed by atoms with Crippen LogP contribution < -0.4 is 4.72 Å². The molecule has 0 fully saturated rings. The zero-order chi connectivity index (χ0) is 12.3. The van der Waals surface area contributed by atoms with Crippen LogP contribution in [-0.4, -0.2) is 23.7 Å². The number of phenolic OH excluding ortho intramolecular Hbond substituents is 1. The summed E-state index contributed by atoms with van der Waals surface area (Å²) in [6.45, 7) is 0.113. The Labute approximate surface area is 98.4 Å². The van der Waals surface area contributed by atoms with E-state index in [0.29, 0.717) is 5.56 Å². The highest BCUT2D eigenvalue weighted by Gasteiger charge is 2.14. The van der Waals surface area contributed by atoms with Crippen molar-refractivity contribution in [3.8, 4) is 5.75 Å². The topological polar surface area (TPSA) is 95.1 Å². The van der Waals surface area contributed by atoms with Crippen molar-refractivity contribution in [2.45, 2.75) is 11.4 Å². The molecule has 3 N–H and O–H groups in total. The summed E-state index contributed by atoms with van der Waals surface area (Å²) in [5, 5.41) is 15.2. The molecule has 0 aliphatic rings. The maximum atomic E-state index is 11.7. The highest BCUT2D eigenvalue weighted by Crippen LogP contribution is 2.12. The third kappa shape index (κ3) is 2.83. The standard InChI is InChI=1S/C10H11N3O3S/c14-9-3-1-2-8(4-9)5-13-17(15,16)10-6-11-12-7-10/h1-4,6-7,13-14H,5H2,(H,11,12). The van der Waals surface area contributed by atoms with Gasteiger partial charge in [-0.05, 0) is 17.7 Å². The second kappa shape index (κ2) is 4.56. The van der Waals surface area contributed by atoms with E-state index in [0.717, 1.165) is 0 Å². The predicted molar refractivity (Wildman–Crippen MR) is 60.7 cm³/mol. The zero-order valence-electron chi connectivity index (χ0n) is 8.79. The van der Waals surface area contributed by atoms with Gasteiger partial charge in [-0.2, -0.15) is 5.10 Å². The van der Waals surface area contributed by atoms with Crippen LogP contribution >= 0.6 is 0 Å². The smallest absolute Gasteiger partial charge is 0.243 e. The Balaban J connectivity index is 2.08. The van der Waals surface area contributed by atoms with Crippen LogP contribution in [0.4, 0.5) is 0 Å². The molecule has 0 atom stereocenters. The van der Waals surface area contributed by atoms with Crippen LogP contribution in [0.15, 0.2) is 41.6 Å². The molecule has 90 valence electrons.